The Kier molecular flexibility index (Phi) is 4.97. The zero-order chi connectivity index (χ0) is 19.9. The molecule has 0 radical (unpaired) electrons. The molecule has 2 fully saturated rings. The van der Waals surface area contributed by atoms with Gasteiger partial charge in [-0.1, -0.05) is 26.8 Å². The summed E-state index contributed by atoms with van der Waals surface area (Å²) in [6.45, 7) is 7.99. The van der Waals surface area contributed by atoms with Crippen LogP contribution < -0.4 is 16.4 Å². The van der Waals surface area contributed by atoms with E-state index in [9.17, 15) is 9.59 Å². The lowest BCUT2D eigenvalue weighted by Gasteiger charge is -2.33. The number of piperidine rings is 1. The molecule has 2 aliphatic heterocycles. The van der Waals surface area contributed by atoms with E-state index >= 15 is 0 Å². The van der Waals surface area contributed by atoms with Gasteiger partial charge < -0.3 is 9.88 Å². The highest BCUT2D eigenvalue weighted by molar-refractivity contribution is 5.82. The summed E-state index contributed by atoms with van der Waals surface area (Å²) in [6.07, 6.45) is 4.16. The summed E-state index contributed by atoms with van der Waals surface area (Å²) in [6, 6.07) is 5.93. The number of aromatic nitrogens is 2. The summed E-state index contributed by atoms with van der Waals surface area (Å²) in [5.74, 6) is 0.437. The van der Waals surface area contributed by atoms with Gasteiger partial charge in [-0.2, -0.15) is 0 Å². The third-order valence-corrected chi connectivity index (χ3v) is 6.12. The molecule has 1 amide bonds. The maximum atomic E-state index is 12.9. The third kappa shape index (κ3) is 3.69. The van der Waals surface area contributed by atoms with Crippen LogP contribution in [0.4, 0.5) is 0 Å². The number of pyridine rings is 2. The van der Waals surface area contributed by atoms with Crippen molar-refractivity contribution >= 4 is 16.8 Å². The molecule has 7 heteroatoms. The molecule has 0 aromatic carbocycles. The summed E-state index contributed by atoms with van der Waals surface area (Å²) in [5.41, 5.74) is 7.87. The molecule has 2 atom stereocenters. The second-order valence-electron chi connectivity index (χ2n) is 9.09. The van der Waals surface area contributed by atoms with Crippen molar-refractivity contribution in [2.24, 2.45) is 5.41 Å². The number of likely N-dealkylation sites (tertiary alicyclic amines) is 1. The Balaban J connectivity index is 1.40. The molecule has 0 spiro atoms. The van der Waals surface area contributed by atoms with Gasteiger partial charge in [-0.3, -0.25) is 20.0 Å². The van der Waals surface area contributed by atoms with E-state index in [0.717, 1.165) is 43.4 Å². The predicted molar refractivity (Wildman–Crippen MR) is 109 cm³/mol. The van der Waals surface area contributed by atoms with Crippen molar-refractivity contribution < 1.29 is 4.79 Å². The number of amides is 1. The maximum Gasteiger partial charge on any atom is 0.274 e. The Morgan fingerprint density at radius 1 is 1.21 bits per heavy atom. The molecular weight excluding hydrogens is 354 g/mol. The molecule has 0 aliphatic carbocycles. The lowest BCUT2D eigenvalue weighted by molar-refractivity contribution is -0.134. The second kappa shape index (κ2) is 7.29. The van der Waals surface area contributed by atoms with E-state index in [4.69, 9.17) is 0 Å². The minimum atomic E-state index is -0.160. The topological polar surface area (TPSA) is 90.1 Å². The summed E-state index contributed by atoms with van der Waals surface area (Å²) >= 11 is 0. The van der Waals surface area contributed by atoms with E-state index in [-0.39, 0.29) is 34.9 Å². The summed E-state index contributed by atoms with van der Waals surface area (Å²) < 4.78 is 0. The van der Waals surface area contributed by atoms with E-state index in [2.05, 4.69) is 41.6 Å². The molecule has 2 aliphatic rings. The molecule has 28 heavy (non-hydrogen) atoms. The van der Waals surface area contributed by atoms with E-state index < -0.39 is 0 Å². The molecule has 4 heterocycles. The van der Waals surface area contributed by atoms with E-state index in [0.29, 0.717) is 5.52 Å². The zero-order valence-electron chi connectivity index (χ0n) is 16.8. The average Bonchev–Trinajstić information content (AvgIpc) is 3.18. The van der Waals surface area contributed by atoms with Gasteiger partial charge in [0, 0.05) is 42.3 Å². The van der Waals surface area contributed by atoms with Crippen molar-refractivity contribution in [2.75, 3.05) is 13.1 Å². The Bertz CT molecular complexity index is 924. The molecule has 0 bridgehead atoms. The number of hydrogen-bond acceptors (Lipinski definition) is 5. The summed E-state index contributed by atoms with van der Waals surface area (Å²) in [5, 5.41) is 0.870. The first-order valence-corrected chi connectivity index (χ1v) is 10.1. The van der Waals surface area contributed by atoms with E-state index in [1.54, 1.807) is 6.20 Å². The molecule has 2 saturated heterocycles. The monoisotopic (exact) mass is 383 g/mol. The van der Waals surface area contributed by atoms with Crippen molar-refractivity contribution in [3.05, 3.63) is 40.4 Å². The number of rotatable bonds is 2. The van der Waals surface area contributed by atoms with Gasteiger partial charge in [-0.25, -0.2) is 5.43 Å². The van der Waals surface area contributed by atoms with Crippen LogP contribution in [0.2, 0.25) is 0 Å². The Morgan fingerprint density at radius 2 is 1.96 bits per heavy atom. The second-order valence-corrected chi connectivity index (χ2v) is 9.09. The highest BCUT2D eigenvalue weighted by Crippen LogP contribution is 2.29. The average molecular weight is 383 g/mol. The summed E-state index contributed by atoms with van der Waals surface area (Å²) in [7, 11) is 0. The quantitative estimate of drug-likeness (QED) is 0.737. The van der Waals surface area contributed by atoms with Gasteiger partial charge in [0.1, 0.15) is 11.6 Å². The van der Waals surface area contributed by atoms with Crippen LogP contribution >= 0.6 is 0 Å². The van der Waals surface area contributed by atoms with Crippen LogP contribution in [-0.2, 0) is 4.79 Å². The van der Waals surface area contributed by atoms with Crippen molar-refractivity contribution in [3.8, 4) is 0 Å². The van der Waals surface area contributed by atoms with Gasteiger partial charge >= 0.3 is 0 Å². The fourth-order valence-electron chi connectivity index (χ4n) is 4.26. The van der Waals surface area contributed by atoms with Gasteiger partial charge in [0.05, 0.1) is 0 Å². The van der Waals surface area contributed by atoms with Crippen LogP contribution in [0, 0.1) is 5.41 Å². The van der Waals surface area contributed by atoms with E-state index in [1.807, 2.05) is 23.1 Å². The highest BCUT2D eigenvalue weighted by Gasteiger charge is 2.38. The fraction of sp³-hybridized carbons (Fsp3) is 0.571. The van der Waals surface area contributed by atoms with Crippen LogP contribution in [0.1, 0.15) is 51.6 Å². The number of nitrogens with zero attached hydrogens (tertiary/aromatic N) is 2. The predicted octanol–water partition coefficient (Wildman–Crippen LogP) is 1.91. The van der Waals surface area contributed by atoms with Crippen LogP contribution in [0.5, 0.6) is 0 Å². The maximum absolute atomic E-state index is 12.9. The largest absolute Gasteiger partial charge is 0.341 e. The first-order valence-electron chi connectivity index (χ1n) is 10.1. The van der Waals surface area contributed by atoms with Crippen molar-refractivity contribution in [3.63, 3.8) is 0 Å². The Morgan fingerprint density at radius 3 is 2.64 bits per heavy atom. The normalized spacial score (nSPS) is 24.0. The van der Waals surface area contributed by atoms with Gasteiger partial charge in [-0.05, 0) is 36.8 Å². The first-order chi connectivity index (χ1) is 13.3. The number of H-pyrrole nitrogens is 1. The van der Waals surface area contributed by atoms with E-state index in [1.165, 1.54) is 0 Å². The molecule has 2 aromatic heterocycles. The molecule has 2 unspecified atom stereocenters. The first kappa shape index (κ1) is 19.1. The Labute approximate surface area is 164 Å². The summed E-state index contributed by atoms with van der Waals surface area (Å²) in [4.78, 5) is 34.3. The minimum Gasteiger partial charge on any atom is -0.341 e. The molecule has 0 saturated carbocycles. The molecule has 4 rings (SSSR count). The van der Waals surface area contributed by atoms with Gasteiger partial charge in [0.2, 0.25) is 5.91 Å². The molecule has 3 N–H and O–H groups in total. The smallest absolute Gasteiger partial charge is 0.274 e. The van der Waals surface area contributed by atoms with Gasteiger partial charge in [0.25, 0.3) is 5.56 Å². The number of fused-ring (bicyclic) bond motifs is 1. The lowest BCUT2D eigenvalue weighted by atomic mass is 9.84. The number of nitrogens with one attached hydrogen (secondary N) is 3. The zero-order valence-corrected chi connectivity index (χ0v) is 16.8. The van der Waals surface area contributed by atoms with Crippen molar-refractivity contribution in [2.45, 2.75) is 58.0 Å². The molecular formula is C21H29N5O2. The van der Waals surface area contributed by atoms with Crippen LogP contribution in [-0.4, -0.2) is 45.9 Å². The van der Waals surface area contributed by atoms with Gasteiger partial charge in [-0.15, -0.1) is 0 Å². The Hall–Kier alpha value is -2.25. The number of carbonyl (C=O) groups is 1. The number of aromatic amines is 1. The van der Waals surface area contributed by atoms with Gasteiger partial charge in [0.15, 0.2) is 0 Å². The van der Waals surface area contributed by atoms with Crippen LogP contribution in [0.3, 0.4) is 0 Å². The van der Waals surface area contributed by atoms with Crippen LogP contribution in [0.15, 0.2) is 29.2 Å². The van der Waals surface area contributed by atoms with Crippen molar-refractivity contribution in [1.29, 1.82) is 0 Å². The molecule has 150 valence electrons. The van der Waals surface area contributed by atoms with Crippen molar-refractivity contribution in [1.82, 2.24) is 25.7 Å². The third-order valence-electron chi connectivity index (χ3n) is 6.12. The fourth-order valence-corrected chi connectivity index (χ4v) is 4.26. The number of carbonyl (C=O) groups excluding carboxylic acids is 1. The minimum absolute atomic E-state index is 0.117. The van der Waals surface area contributed by atoms with Crippen LogP contribution in [0.25, 0.3) is 10.9 Å². The lowest BCUT2D eigenvalue weighted by Crippen LogP contribution is -2.48. The number of hydrogen-bond donors (Lipinski definition) is 3. The molecule has 2 aromatic rings. The highest BCUT2D eigenvalue weighted by atomic mass is 16.2. The molecule has 7 nitrogen and oxygen atoms in total. The SMILES string of the molecule is CC(C)(C)C1CC(C(=O)N2CCC(c3cc4cccnc4c(=O)[nH]3)CC2)NN1. The number of hydrazine groups is 1. The standard InChI is InChI=1S/C21H29N5O2/c1-21(2,3)17-12-16(24-25-17)20(28)26-9-6-13(7-10-26)15-11-14-5-4-8-22-18(14)19(27)23-15/h4-5,8,11,13,16-17,24-25H,6-7,9-10,12H2,1-3H3,(H,23,27).